The Hall–Kier alpha value is -1.76. The third-order valence-electron chi connectivity index (χ3n) is 2.73. The van der Waals surface area contributed by atoms with Crippen molar-refractivity contribution in [2.45, 2.75) is 19.9 Å². The van der Waals surface area contributed by atoms with Gasteiger partial charge in [0.2, 0.25) is 0 Å². The summed E-state index contributed by atoms with van der Waals surface area (Å²) >= 11 is 0. The first-order valence-electron chi connectivity index (χ1n) is 5.67. The van der Waals surface area contributed by atoms with Gasteiger partial charge in [0.05, 0.1) is 0 Å². The summed E-state index contributed by atoms with van der Waals surface area (Å²) in [6.45, 7) is 4.22. The van der Waals surface area contributed by atoms with Crippen LogP contribution in [0, 0.1) is 0 Å². The average molecular weight is 211 g/mol. The molecule has 1 atom stereocenters. The molecule has 0 amide bonds. The Morgan fingerprint density at radius 2 is 2.19 bits per heavy atom. The minimum absolute atomic E-state index is 0.452. The smallest absolute Gasteiger partial charge is 0.0491 e. The molecule has 0 fully saturated rings. The van der Waals surface area contributed by atoms with Crippen LogP contribution in [0.3, 0.4) is 0 Å². The molecule has 1 unspecified atom stereocenters. The lowest BCUT2D eigenvalue weighted by Crippen LogP contribution is -2.28. The van der Waals surface area contributed by atoms with Crippen LogP contribution in [-0.2, 0) is 0 Å². The van der Waals surface area contributed by atoms with Crippen molar-refractivity contribution in [3.05, 3.63) is 72.2 Å². The van der Waals surface area contributed by atoms with Gasteiger partial charge in [-0.3, -0.25) is 0 Å². The van der Waals surface area contributed by atoms with E-state index < -0.39 is 0 Å². The van der Waals surface area contributed by atoms with E-state index in [1.165, 1.54) is 11.3 Å². The lowest BCUT2D eigenvalue weighted by molar-refractivity contribution is 0.419. The molecule has 16 heavy (non-hydrogen) atoms. The highest BCUT2D eigenvalue weighted by Gasteiger charge is 2.15. The summed E-state index contributed by atoms with van der Waals surface area (Å²) in [5.74, 6) is 0. The molecule has 0 saturated heterocycles. The zero-order chi connectivity index (χ0) is 11.4. The summed E-state index contributed by atoms with van der Waals surface area (Å²) in [7, 11) is 0. The maximum absolute atomic E-state index is 2.27. The molecule has 0 spiro atoms. The monoisotopic (exact) mass is 211 g/mol. The van der Waals surface area contributed by atoms with Crippen molar-refractivity contribution in [3.8, 4) is 0 Å². The van der Waals surface area contributed by atoms with Crippen LogP contribution in [0.5, 0.6) is 0 Å². The van der Waals surface area contributed by atoms with Crippen molar-refractivity contribution in [2.24, 2.45) is 0 Å². The Kier molecular flexibility index (Phi) is 3.25. The van der Waals surface area contributed by atoms with E-state index in [1.807, 2.05) is 19.1 Å². The Bertz CT molecular complexity index is 430. The van der Waals surface area contributed by atoms with Gasteiger partial charge in [-0.25, -0.2) is 0 Å². The predicted octanol–water partition coefficient (Wildman–Crippen LogP) is 3.72. The van der Waals surface area contributed by atoms with E-state index >= 15 is 0 Å². The summed E-state index contributed by atoms with van der Waals surface area (Å²) in [5.41, 5.74) is 2.50. The van der Waals surface area contributed by atoms with Crippen molar-refractivity contribution in [1.29, 1.82) is 0 Å². The zero-order valence-corrected chi connectivity index (χ0v) is 9.80. The number of fused-ring (bicyclic) bond motifs is 1. The zero-order valence-electron chi connectivity index (χ0n) is 9.80. The third-order valence-corrected chi connectivity index (χ3v) is 2.73. The Morgan fingerprint density at radius 1 is 1.31 bits per heavy atom. The first-order chi connectivity index (χ1) is 7.81. The van der Waals surface area contributed by atoms with Crippen LogP contribution in [0.15, 0.2) is 72.2 Å². The second-order valence-electron chi connectivity index (χ2n) is 3.97. The van der Waals surface area contributed by atoms with E-state index in [-0.39, 0.29) is 0 Å². The highest BCUT2D eigenvalue weighted by molar-refractivity contribution is 5.45. The molecule has 0 N–H and O–H groups in total. The van der Waals surface area contributed by atoms with Crippen LogP contribution in [0.4, 0.5) is 0 Å². The summed E-state index contributed by atoms with van der Waals surface area (Å²) in [6, 6.07) is 0.452. The molecule has 0 aromatic carbocycles. The number of hydrogen-bond acceptors (Lipinski definition) is 1. The lowest BCUT2D eigenvalue weighted by atomic mass is 10.1. The number of nitrogens with zero attached hydrogens (tertiary/aromatic N) is 1. The number of allylic oxidation sites excluding steroid dienone is 9. The topological polar surface area (TPSA) is 3.24 Å². The normalized spacial score (nSPS) is 23.9. The minimum atomic E-state index is 0.452. The second-order valence-corrected chi connectivity index (χ2v) is 3.97. The molecule has 0 aromatic rings. The summed E-state index contributed by atoms with van der Waals surface area (Å²) in [4.78, 5) is 2.27. The molecule has 0 aliphatic carbocycles. The largest absolute Gasteiger partial charge is 0.341 e. The summed E-state index contributed by atoms with van der Waals surface area (Å²) in [6.07, 6.45) is 21.2. The molecule has 0 saturated carbocycles. The molecule has 0 bridgehead atoms. The van der Waals surface area contributed by atoms with Gasteiger partial charge in [-0.05, 0) is 37.6 Å². The molecule has 2 aliphatic rings. The van der Waals surface area contributed by atoms with Crippen molar-refractivity contribution in [2.75, 3.05) is 0 Å². The van der Waals surface area contributed by atoms with Gasteiger partial charge >= 0.3 is 0 Å². The van der Waals surface area contributed by atoms with Crippen molar-refractivity contribution >= 4 is 0 Å². The van der Waals surface area contributed by atoms with Gasteiger partial charge in [0.15, 0.2) is 0 Å². The third kappa shape index (κ3) is 2.25. The average Bonchev–Trinajstić information content (AvgIpc) is 2.30. The SMILES string of the molecule is C/C=C\C=C/C1=CC2=CC=CC(C)N2C=C1. The maximum Gasteiger partial charge on any atom is 0.0491 e. The molecule has 2 heterocycles. The van der Waals surface area contributed by atoms with E-state index in [1.54, 1.807) is 0 Å². The Labute approximate surface area is 97.5 Å². The fraction of sp³-hybridized carbons (Fsp3) is 0.200. The van der Waals surface area contributed by atoms with Gasteiger partial charge in [-0.15, -0.1) is 0 Å². The van der Waals surface area contributed by atoms with Crippen LogP contribution in [-0.4, -0.2) is 10.9 Å². The highest BCUT2D eigenvalue weighted by Crippen LogP contribution is 2.23. The quantitative estimate of drug-likeness (QED) is 0.629. The van der Waals surface area contributed by atoms with Crippen molar-refractivity contribution in [3.63, 3.8) is 0 Å². The van der Waals surface area contributed by atoms with Crippen LogP contribution >= 0.6 is 0 Å². The van der Waals surface area contributed by atoms with Crippen LogP contribution in [0.2, 0.25) is 0 Å². The van der Waals surface area contributed by atoms with E-state index in [0.29, 0.717) is 6.04 Å². The fourth-order valence-corrected chi connectivity index (χ4v) is 1.84. The lowest BCUT2D eigenvalue weighted by Gasteiger charge is -2.31. The molecular weight excluding hydrogens is 194 g/mol. The van der Waals surface area contributed by atoms with Gasteiger partial charge in [0.25, 0.3) is 0 Å². The van der Waals surface area contributed by atoms with Gasteiger partial charge in [0, 0.05) is 17.9 Å². The van der Waals surface area contributed by atoms with Gasteiger partial charge in [-0.2, -0.15) is 0 Å². The predicted molar refractivity (Wildman–Crippen MR) is 69.7 cm³/mol. The second kappa shape index (κ2) is 4.84. The van der Waals surface area contributed by atoms with Crippen molar-refractivity contribution < 1.29 is 0 Å². The number of rotatable bonds is 2. The van der Waals surface area contributed by atoms with Crippen LogP contribution in [0.1, 0.15) is 13.8 Å². The molecule has 82 valence electrons. The molecule has 2 rings (SSSR count). The molecule has 1 heteroatoms. The van der Waals surface area contributed by atoms with Crippen molar-refractivity contribution in [1.82, 2.24) is 4.90 Å². The van der Waals surface area contributed by atoms with Gasteiger partial charge < -0.3 is 4.90 Å². The highest BCUT2D eigenvalue weighted by atomic mass is 15.1. The van der Waals surface area contributed by atoms with Crippen LogP contribution < -0.4 is 0 Å². The first kappa shape index (κ1) is 10.7. The maximum atomic E-state index is 2.27. The first-order valence-corrected chi connectivity index (χ1v) is 5.67. The van der Waals surface area contributed by atoms with E-state index in [2.05, 4.69) is 60.6 Å². The van der Waals surface area contributed by atoms with E-state index in [9.17, 15) is 0 Å². The van der Waals surface area contributed by atoms with Gasteiger partial charge in [0.1, 0.15) is 0 Å². The summed E-state index contributed by atoms with van der Waals surface area (Å²) < 4.78 is 0. The minimum Gasteiger partial charge on any atom is -0.341 e. The molecule has 1 nitrogen and oxygen atoms in total. The Morgan fingerprint density at radius 3 is 3.00 bits per heavy atom. The Balaban J connectivity index is 2.18. The van der Waals surface area contributed by atoms with E-state index in [0.717, 1.165) is 0 Å². The molecule has 0 aromatic heterocycles. The van der Waals surface area contributed by atoms with Crippen LogP contribution in [0.25, 0.3) is 0 Å². The van der Waals surface area contributed by atoms with Gasteiger partial charge in [-0.1, -0.05) is 36.5 Å². The number of hydrogen-bond donors (Lipinski definition) is 0. The molecular formula is C15H17N. The standard InChI is InChI=1S/C15H17N/c1-3-4-5-8-14-10-11-16-13(2)7-6-9-15(16)12-14/h3-13H,1-2H3/b4-3-,8-5-. The molecule has 0 radical (unpaired) electrons. The van der Waals surface area contributed by atoms with E-state index in [4.69, 9.17) is 0 Å². The molecule has 2 aliphatic heterocycles. The fourth-order valence-electron chi connectivity index (χ4n) is 1.84. The summed E-state index contributed by atoms with van der Waals surface area (Å²) in [5, 5.41) is 0.